The van der Waals surface area contributed by atoms with E-state index in [1.165, 1.54) is 17.0 Å². The smallest absolute Gasteiger partial charge is 0.279 e. The second-order valence-electron chi connectivity index (χ2n) is 7.41. The summed E-state index contributed by atoms with van der Waals surface area (Å²) in [6.45, 7) is 5.85. The SMILES string of the molecule is Cc1cc(C#N)ccc1C1c2c(nc(Br)n2C(C)C)C(=O)N1c1cccc(Cl)c1F. The van der Waals surface area contributed by atoms with Gasteiger partial charge in [0.2, 0.25) is 0 Å². The molecule has 2 heterocycles. The minimum absolute atomic E-state index is 0.00812. The van der Waals surface area contributed by atoms with Gasteiger partial charge in [0.15, 0.2) is 16.2 Å². The van der Waals surface area contributed by atoms with E-state index in [0.29, 0.717) is 16.0 Å². The Morgan fingerprint density at radius 1 is 1.30 bits per heavy atom. The molecule has 3 aromatic rings. The number of rotatable bonds is 3. The molecule has 4 rings (SSSR count). The highest BCUT2D eigenvalue weighted by Crippen LogP contribution is 2.45. The molecule has 0 N–H and O–H groups in total. The van der Waals surface area contributed by atoms with Crippen LogP contribution in [-0.4, -0.2) is 15.5 Å². The van der Waals surface area contributed by atoms with Gasteiger partial charge in [0.1, 0.15) is 6.04 Å². The molecule has 2 aromatic carbocycles. The molecule has 1 atom stereocenters. The van der Waals surface area contributed by atoms with E-state index in [4.69, 9.17) is 11.6 Å². The van der Waals surface area contributed by atoms with Crippen molar-refractivity contribution in [2.75, 3.05) is 4.90 Å². The van der Waals surface area contributed by atoms with Crippen molar-refractivity contribution in [3.63, 3.8) is 0 Å². The number of nitrogens with zero attached hydrogens (tertiary/aromatic N) is 4. The molecular weight excluding hydrogens is 471 g/mol. The Morgan fingerprint density at radius 2 is 2.03 bits per heavy atom. The Labute approximate surface area is 186 Å². The van der Waals surface area contributed by atoms with Crippen molar-refractivity contribution >= 4 is 39.1 Å². The van der Waals surface area contributed by atoms with Gasteiger partial charge in [-0.2, -0.15) is 5.26 Å². The van der Waals surface area contributed by atoms with Gasteiger partial charge in [-0.1, -0.05) is 23.7 Å². The molecule has 0 saturated heterocycles. The normalized spacial score (nSPS) is 15.6. The van der Waals surface area contributed by atoms with Crippen LogP contribution in [0, 0.1) is 24.1 Å². The molecule has 0 fully saturated rings. The summed E-state index contributed by atoms with van der Waals surface area (Å²) < 4.78 is 17.5. The first-order valence-corrected chi connectivity index (χ1v) is 10.5. The lowest BCUT2D eigenvalue weighted by molar-refractivity contribution is 0.0988. The van der Waals surface area contributed by atoms with E-state index in [9.17, 15) is 14.4 Å². The van der Waals surface area contributed by atoms with Gasteiger partial charge < -0.3 is 4.57 Å². The summed E-state index contributed by atoms with van der Waals surface area (Å²) >= 11 is 9.48. The number of benzene rings is 2. The third-order valence-electron chi connectivity index (χ3n) is 5.24. The Hall–Kier alpha value is -2.69. The monoisotopic (exact) mass is 486 g/mol. The minimum atomic E-state index is -0.663. The molecule has 1 aliphatic rings. The lowest BCUT2D eigenvalue weighted by Gasteiger charge is -2.29. The highest BCUT2D eigenvalue weighted by Gasteiger charge is 2.45. The third-order valence-corrected chi connectivity index (χ3v) is 6.10. The number of hydrogen-bond donors (Lipinski definition) is 0. The number of hydrogen-bond acceptors (Lipinski definition) is 3. The van der Waals surface area contributed by atoms with Gasteiger partial charge in [-0.25, -0.2) is 9.37 Å². The number of carbonyl (C=O) groups excluding carboxylic acids is 1. The summed E-state index contributed by atoms with van der Waals surface area (Å²) in [6.07, 6.45) is 0. The van der Waals surface area contributed by atoms with Gasteiger partial charge in [-0.05, 0) is 72.1 Å². The molecule has 0 radical (unpaired) electrons. The van der Waals surface area contributed by atoms with Crippen LogP contribution in [0.3, 0.4) is 0 Å². The number of amides is 1. The van der Waals surface area contributed by atoms with Crippen molar-refractivity contribution in [1.82, 2.24) is 9.55 Å². The number of carbonyl (C=O) groups is 1. The minimum Gasteiger partial charge on any atom is -0.317 e. The zero-order chi connectivity index (χ0) is 21.7. The van der Waals surface area contributed by atoms with Gasteiger partial charge in [-0.3, -0.25) is 9.69 Å². The molecule has 0 aliphatic carbocycles. The van der Waals surface area contributed by atoms with Crippen molar-refractivity contribution in [2.24, 2.45) is 0 Å². The standard InChI is InChI=1S/C22H17BrClFN4O/c1-11(2)28-20-18(27-22(28)23)21(30)29(16-6-4-5-15(24)17(16)25)19(20)14-8-7-13(10-26)9-12(14)3/h4-9,11,19H,1-3H3. The van der Waals surface area contributed by atoms with Gasteiger partial charge in [0.25, 0.3) is 5.91 Å². The number of fused-ring (bicyclic) bond motifs is 1. The van der Waals surface area contributed by atoms with Gasteiger partial charge in [0.05, 0.1) is 28.0 Å². The lowest BCUT2D eigenvalue weighted by Crippen LogP contribution is -2.31. The van der Waals surface area contributed by atoms with Crippen molar-refractivity contribution in [2.45, 2.75) is 32.9 Å². The fourth-order valence-corrected chi connectivity index (χ4v) is 4.89. The van der Waals surface area contributed by atoms with Crippen LogP contribution < -0.4 is 4.90 Å². The van der Waals surface area contributed by atoms with Crippen molar-refractivity contribution in [3.8, 4) is 6.07 Å². The number of anilines is 1. The number of halogens is 3. The summed E-state index contributed by atoms with van der Waals surface area (Å²) in [7, 11) is 0. The van der Waals surface area contributed by atoms with E-state index in [1.54, 1.807) is 18.2 Å². The highest BCUT2D eigenvalue weighted by molar-refractivity contribution is 9.10. The average Bonchev–Trinajstić information content (AvgIpc) is 3.17. The molecule has 1 aliphatic heterocycles. The molecule has 1 aromatic heterocycles. The summed E-state index contributed by atoms with van der Waals surface area (Å²) in [5, 5.41) is 9.17. The molecule has 0 spiro atoms. The van der Waals surface area contributed by atoms with Crippen LogP contribution in [0.15, 0.2) is 41.1 Å². The number of aromatic nitrogens is 2. The van der Waals surface area contributed by atoms with Crippen LogP contribution in [0.1, 0.15) is 58.8 Å². The first-order chi connectivity index (χ1) is 14.3. The van der Waals surface area contributed by atoms with Gasteiger partial charge in [-0.15, -0.1) is 0 Å². The van der Waals surface area contributed by atoms with Crippen molar-refractivity contribution < 1.29 is 9.18 Å². The van der Waals surface area contributed by atoms with E-state index in [0.717, 1.165) is 11.1 Å². The van der Waals surface area contributed by atoms with Crippen LogP contribution in [0.25, 0.3) is 0 Å². The Balaban J connectivity index is 2.03. The zero-order valence-corrected chi connectivity index (χ0v) is 18.8. The quantitative estimate of drug-likeness (QED) is 0.459. The zero-order valence-electron chi connectivity index (χ0n) is 16.4. The third kappa shape index (κ3) is 3.03. The molecule has 1 amide bonds. The summed E-state index contributed by atoms with van der Waals surface area (Å²) in [6, 6.07) is 11.4. The van der Waals surface area contributed by atoms with Crippen LogP contribution >= 0.6 is 27.5 Å². The fourth-order valence-electron chi connectivity index (χ4n) is 3.95. The van der Waals surface area contributed by atoms with Crippen LogP contribution in [-0.2, 0) is 0 Å². The maximum Gasteiger partial charge on any atom is 0.279 e. The first kappa shape index (κ1) is 20.6. The van der Waals surface area contributed by atoms with E-state index in [1.807, 2.05) is 31.4 Å². The molecule has 0 bridgehead atoms. The van der Waals surface area contributed by atoms with Crippen molar-refractivity contribution in [1.29, 1.82) is 5.26 Å². The number of nitriles is 1. The predicted octanol–water partition coefficient (Wildman–Crippen LogP) is 5.95. The first-order valence-electron chi connectivity index (χ1n) is 9.32. The molecule has 8 heteroatoms. The summed E-state index contributed by atoms with van der Waals surface area (Å²) in [4.78, 5) is 19.3. The summed E-state index contributed by atoms with van der Waals surface area (Å²) in [5.41, 5.74) is 3.15. The van der Waals surface area contributed by atoms with Crippen LogP contribution in [0.5, 0.6) is 0 Å². The van der Waals surface area contributed by atoms with E-state index in [-0.39, 0.29) is 22.4 Å². The van der Waals surface area contributed by atoms with E-state index < -0.39 is 17.8 Å². The van der Waals surface area contributed by atoms with Gasteiger partial charge >= 0.3 is 0 Å². The highest BCUT2D eigenvalue weighted by atomic mass is 79.9. The number of aryl methyl sites for hydroxylation is 1. The molecule has 30 heavy (non-hydrogen) atoms. The molecular formula is C22H17BrClFN4O. The predicted molar refractivity (Wildman–Crippen MR) is 116 cm³/mol. The van der Waals surface area contributed by atoms with E-state index in [2.05, 4.69) is 27.0 Å². The molecule has 5 nitrogen and oxygen atoms in total. The van der Waals surface area contributed by atoms with Crippen molar-refractivity contribution in [3.05, 3.63) is 80.0 Å². The second-order valence-corrected chi connectivity index (χ2v) is 8.53. The Kier molecular flexibility index (Phi) is 5.16. The van der Waals surface area contributed by atoms with E-state index >= 15 is 0 Å². The fraction of sp³-hybridized carbons (Fsp3) is 0.227. The lowest BCUT2D eigenvalue weighted by atomic mass is 9.96. The Morgan fingerprint density at radius 3 is 2.67 bits per heavy atom. The molecule has 0 saturated carbocycles. The molecule has 152 valence electrons. The second kappa shape index (κ2) is 7.53. The summed E-state index contributed by atoms with van der Waals surface area (Å²) in [5.74, 6) is -1.07. The Bertz CT molecular complexity index is 1230. The molecule has 1 unspecified atom stereocenters. The largest absolute Gasteiger partial charge is 0.317 e. The topological polar surface area (TPSA) is 61.9 Å². The number of imidazole rings is 1. The van der Waals surface area contributed by atoms with Crippen LogP contribution in [0.2, 0.25) is 5.02 Å². The average molecular weight is 488 g/mol. The maximum absolute atomic E-state index is 15.0. The van der Waals surface area contributed by atoms with Crippen LogP contribution in [0.4, 0.5) is 10.1 Å². The maximum atomic E-state index is 15.0. The van der Waals surface area contributed by atoms with Gasteiger partial charge in [0, 0.05) is 6.04 Å².